The summed E-state index contributed by atoms with van der Waals surface area (Å²) in [7, 11) is 0. The van der Waals surface area contributed by atoms with Crippen LogP contribution in [-0.4, -0.2) is 37.5 Å². The summed E-state index contributed by atoms with van der Waals surface area (Å²) in [4.78, 5) is 2.15. The lowest BCUT2D eigenvalue weighted by Crippen LogP contribution is -2.32. The third-order valence-corrected chi connectivity index (χ3v) is 2.08. The summed E-state index contributed by atoms with van der Waals surface area (Å²) >= 11 is 0. The molecule has 0 fully saturated rings. The highest BCUT2D eigenvalue weighted by atomic mass is 16.7. The molecule has 0 bridgehead atoms. The molecular weight excluding hydrogens is 178 g/mol. The topological polar surface area (TPSA) is 21.7 Å². The Balaban J connectivity index is 4.24. The molecule has 0 saturated carbocycles. The van der Waals surface area contributed by atoms with E-state index < -0.39 is 0 Å². The molecule has 84 valence electrons. The Morgan fingerprint density at radius 2 is 1.50 bits per heavy atom. The van der Waals surface area contributed by atoms with Crippen LogP contribution in [0.1, 0.15) is 27.7 Å². The van der Waals surface area contributed by atoms with E-state index in [0.29, 0.717) is 13.2 Å². The first-order chi connectivity index (χ1) is 6.71. The predicted molar refractivity (Wildman–Crippen MR) is 59.1 cm³/mol. The van der Waals surface area contributed by atoms with Crippen molar-refractivity contribution >= 4 is 0 Å². The van der Waals surface area contributed by atoms with Crippen molar-refractivity contribution in [2.24, 2.45) is 0 Å². The number of likely N-dealkylation sites (N-methyl/N-ethyl adjacent to an activating group) is 1. The molecule has 0 aliphatic carbocycles. The molecule has 0 heterocycles. The van der Waals surface area contributed by atoms with Crippen LogP contribution in [0, 0.1) is 0 Å². The van der Waals surface area contributed by atoms with E-state index in [1.54, 1.807) is 0 Å². The fourth-order valence-corrected chi connectivity index (χ4v) is 1.32. The zero-order chi connectivity index (χ0) is 11.0. The van der Waals surface area contributed by atoms with Gasteiger partial charge in [-0.1, -0.05) is 6.58 Å². The monoisotopic (exact) mass is 201 g/mol. The van der Waals surface area contributed by atoms with Crippen molar-refractivity contribution < 1.29 is 9.47 Å². The van der Waals surface area contributed by atoms with Crippen LogP contribution < -0.4 is 0 Å². The van der Waals surface area contributed by atoms with Gasteiger partial charge in [-0.3, -0.25) is 0 Å². The number of rotatable bonds is 8. The predicted octanol–water partition coefficient (Wildman–Crippen LogP) is 2.24. The van der Waals surface area contributed by atoms with Crippen LogP contribution in [0.15, 0.2) is 12.3 Å². The van der Waals surface area contributed by atoms with Gasteiger partial charge in [0.05, 0.1) is 5.70 Å². The third kappa shape index (κ3) is 4.11. The second-order valence-electron chi connectivity index (χ2n) is 2.91. The first-order valence-electron chi connectivity index (χ1n) is 5.38. The molecule has 0 aromatic heterocycles. The highest BCUT2D eigenvalue weighted by molar-refractivity contribution is 4.97. The molecule has 0 N–H and O–H groups in total. The smallest absolute Gasteiger partial charge is 0.198 e. The average Bonchev–Trinajstić information content (AvgIpc) is 2.19. The molecule has 0 aliphatic heterocycles. The highest BCUT2D eigenvalue weighted by Crippen LogP contribution is 2.11. The van der Waals surface area contributed by atoms with Gasteiger partial charge in [-0.15, -0.1) is 0 Å². The molecule has 0 atom stereocenters. The highest BCUT2D eigenvalue weighted by Gasteiger charge is 2.16. The standard InChI is InChI=1S/C11H23NO2/c1-6-12(7-2)10(5)11(13-8-3)14-9-4/h11H,5-9H2,1-4H3. The van der Waals surface area contributed by atoms with Crippen molar-refractivity contribution in [2.75, 3.05) is 26.3 Å². The second kappa shape index (κ2) is 7.83. The molecule has 0 aromatic carbocycles. The van der Waals surface area contributed by atoms with Crippen molar-refractivity contribution in [3.8, 4) is 0 Å². The molecule has 0 radical (unpaired) electrons. The molecule has 0 spiro atoms. The maximum atomic E-state index is 5.47. The van der Waals surface area contributed by atoms with E-state index in [1.807, 2.05) is 13.8 Å². The van der Waals surface area contributed by atoms with E-state index in [4.69, 9.17) is 9.47 Å². The van der Waals surface area contributed by atoms with Gasteiger partial charge in [-0.05, 0) is 27.7 Å². The zero-order valence-electron chi connectivity index (χ0n) is 9.88. The third-order valence-electron chi connectivity index (χ3n) is 2.08. The van der Waals surface area contributed by atoms with Gasteiger partial charge >= 0.3 is 0 Å². The summed E-state index contributed by atoms with van der Waals surface area (Å²) in [5.74, 6) is 0. The van der Waals surface area contributed by atoms with Gasteiger partial charge < -0.3 is 14.4 Å². The molecule has 0 aliphatic rings. The molecule has 3 heteroatoms. The molecule has 0 rings (SSSR count). The number of ether oxygens (including phenoxy) is 2. The molecule has 14 heavy (non-hydrogen) atoms. The van der Waals surface area contributed by atoms with Gasteiger partial charge in [-0.25, -0.2) is 0 Å². The Morgan fingerprint density at radius 1 is 1.07 bits per heavy atom. The minimum Gasteiger partial charge on any atom is -0.372 e. The van der Waals surface area contributed by atoms with E-state index >= 15 is 0 Å². The molecule has 0 amide bonds. The summed E-state index contributed by atoms with van der Waals surface area (Å²) in [6, 6.07) is 0. The quantitative estimate of drug-likeness (QED) is 0.562. The van der Waals surface area contributed by atoms with Gasteiger partial charge in [-0.2, -0.15) is 0 Å². The van der Waals surface area contributed by atoms with Crippen LogP contribution in [0.3, 0.4) is 0 Å². The van der Waals surface area contributed by atoms with Crippen molar-refractivity contribution in [1.29, 1.82) is 0 Å². The number of hydrogen-bond donors (Lipinski definition) is 0. The second-order valence-corrected chi connectivity index (χ2v) is 2.91. The van der Waals surface area contributed by atoms with Gasteiger partial charge in [0.15, 0.2) is 6.29 Å². The Bertz CT molecular complexity index is 149. The molecule has 0 unspecified atom stereocenters. The van der Waals surface area contributed by atoms with E-state index in [-0.39, 0.29) is 6.29 Å². The Kier molecular flexibility index (Phi) is 7.52. The zero-order valence-corrected chi connectivity index (χ0v) is 9.88. The van der Waals surface area contributed by atoms with Crippen LogP contribution in [-0.2, 0) is 9.47 Å². The lowest BCUT2D eigenvalue weighted by atomic mass is 10.3. The SMILES string of the molecule is C=C(C(OCC)OCC)N(CC)CC. The van der Waals surface area contributed by atoms with Crippen molar-refractivity contribution in [1.82, 2.24) is 4.90 Å². The van der Waals surface area contributed by atoms with Crippen LogP contribution in [0.25, 0.3) is 0 Å². The Labute approximate surface area is 87.7 Å². The molecule has 0 aromatic rings. The van der Waals surface area contributed by atoms with Crippen LogP contribution in [0.2, 0.25) is 0 Å². The number of nitrogens with zero attached hydrogens (tertiary/aromatic N) is 1. The summed E-state index contributed by atoms with van der Waals surface area (Å²) in [6.07, 6.45) is -0.287. The van der Waals surface area contributed by atoms with Crippen LogP contribution in [0.5, 0.6) is 0 Å². The van der Waals surface area contributed by atoms with Crippen molar-refractivity contribution in [3.05, 3.63) is 12.3 Å². The molecular formula is C11H23NO2. The van der Waals surface area contributed by atoms with Gasteiger partial charge in [0.25, 0.3) is 0 Å². The average molecular weight is 201 g/mol. The summed E-state index contributed by atoms with van der Waals surface area (Å²) in [5.41, 5.74) is 0.915. The Hall–Kier alpha value is -0.540. The van der Waals surface area contributed by atoms with E-state index in [1.165, 1.54) is 0 Å². The van der Waals surface area contributed by atoms with Crippen LogP contribution in [0.4, 0.5) is 0 Å². The maximum Gasteiger partial charge on any atom is 0.198 e. The van der Waals surface area contributed by atoms with E-state index in [9.17, 15) is 0 Å². The van der Waals surface area contributed by atoms with Crippen LogP contribution >= 0.6 is 0 Å². The lowest BCUT2D eigenvalue weighted by Gasteiger charge is -2.29. The van der Waals surface area contributed by atoms with Crippen molar-refractivity contribution in [2.45, 2.75) is 34.0 Å². The number of hydrogen-bond acceptors (Lipinski definition) is 3. The van der Waals surface area contributed by atoms with E-state index in [0.717, 1.165) is 18.8 Å². The summed E-state index contributed by atoms with van der Waals surface area (Å²) in [5, 5.41) is 0. The fraction of sp³-hybridized carbons (Fsp3) is 0.818. The largest absolute Gasteiger partial charge is 0.372 e. The summed E-state index contributed by atoms with van der Waals surface area (Å²) in [6.45, 7) is 15.3. The van der Waals surface area contributed by atoms with Crippen molar-refractivity contribution in [3.63, 3.8) is 0 Å². The first-order valence-corrected chi connectivity index (χ1v) is 5.38. The van der Waals surface area contributed by atoms with Gasteiger partial charge in [0, 0.05) is 26.3 Å². The van der Waals surface area contributed by atoms with E-state index in [2.05, 4.69) is 25.3 Å². The Morgan fingerprint density at radius 3 is 1.79 bits per heavy atom. The first kappa shape index (κ1) is 13.5. The molecule has 0 saturated heterocycles. The fourth-order valence-electron chi connectivity index (χ4n) is 1.32. The lowest BCUT2D eigenvalue weighted by molar-refractivity contribution is -0.123. The van der Waals surface area contributed by atoms with Gasteiger partial charge in [0.2, 0.25) is 0 Å². The van der Waals surface area contributed by atoms with Gasteiger partial charge in [0.1, 0.15) is 0 Å². The maximum absolute atomic E-state index is 5.47. The molecule has 3 nitrogen and oxygen atoms in total. The minimum atomic E-state index is -0.287. The summed E-state index contributed by atoms with van der Waals surface area (Å²) < 4.78 is 10.9. The minimum absolute atomic E-state index is 0.287. The normalized spacial score (nSPS) is 10.6.